The molecule has 0 aliphatic carbocycles. The van der Waals surface area contributed by atoms with E-state index in [1.54, 1.807) is 29.2 Å². The summed E-state index contributed by atoms with van der Waals surface area (Å²) < 4.78 is 24.5. The summed E-state index contributed by atoms with van der Waals surface area (Å²) >= 11 is 13.6. The largest absolute Gasteiger partial charge is 0.302 e. The molecule has 0 bridgehead atoms. The fourth-order valence-corrected chi connectivity index (χ4v) is 5.35. The van der Waals surface area contributed by atoms with E-state index in [0.29, 0.717) is 39.0 Å². The number of benzene rings is 2. The van der Waals surface area contributed by atoms with E-state index in [-0.39, 0.29) is 28.2 Å². The van der Waals surface area contributed by atoms with Gasteiger partial charge in [-0.1, -0.05) is 48.4 Å². The Hall–Kier alpha value is -1.42. The van der Waals surface area contributed by atoms with Gasteiger partial charge in [-0.25, -0.2) is 13.4 Å². The van der Waals surface area contributed by atoms with Crippen LogP contribution in [0, 0.1) is 0 Å². The number of anilines is 1. The Balaban J connectivity index is 0.00000363. The highest BCUT2D eigenvalue weighted by atomic mass is 35.5. The number of fused-ring (bicyclic) bond motifs is 1. The summed E-state index contributed by atoms with van der Waals surface area (Å²) in [6.07, 6.45) is 1.17. The Morgan fingerprint density at radius 2 is 1.75 bits per heavy atom. The van der Waals surface area contributed by atoms with Crippen molar-refractivity contribution in [3.8, 4) is 0 Å². The van der Waals surface area contributed by atoms with Gasteiger partial charge in [-0.3, -0.25) is 9.69 Å². The number of hydrogen-bond donors (Lipinski definition) is 0. The molecule has 0 saturated carbocycles. The minimum absolute atomic E-state index is 0. The van der Waals surface area contributed by atoms with E-state index in [2.05, 4.69) is 23.7 Å². The summed E-state index contributed by atoms with van der Waals surface area (Å²) in [6, 6.07) is 9.55. The zero-order chi connectivity index (χ0) is 22.8. The minimum atomic E-state index is -3.34. The van der Waals surface area contributed by atoms with Crippen molar-refractivity contribution in [2.45, 2.75) is 18.7 Å². The lowest BCUT2D eigenvalue weighted by Crippen LogP contribution is -2.39. The SMILES string of the molecule is CCN(CC)CCN(C(=O)c1ccc(Cl)cc1Cl)c1nc2ccc(S(C)(=O)=O)cc2s1.Cl. The molecule has 3 aromatic rings. The lowest BCUT2D eigenvalue weighted by Gasteiger charge is -2.25. The van der Waals surface area contributed by atoms with Gasteiger partial charge in [0, 0.05) is 24.4 Å². The maximum absolute atomic E-state index is 13.4. The molecule has 0 atom stereocenters. The highest BCUT2D eigenvalue weighted by Crippen LogP contribution is 2.32. The van der Waals surface area contributed by atoms with Crippen LogP contribution in [0.4, 0.5) is 5.13 Å². The monoisotopic (exact) mass is 535 g/mol. The van der Waals surface area contributed by atoms with Crippen LogP contribution in [0.5, 0.6) is 0 Å². The number of aromatic nitrogens is 1. The molecule has 3 rings (SSSR count). The molecule has 174 valence electrons. The van der Waals surface area contributed by atoms with Gasteiger partial charge in [0.05, 0.1) is 25.7 Å². The third-order valence-electron chi connectivity index (χ3n) is 4.95. The van der Waals surface area contributed by atoms with E-state index in [1.165, 1.54) is 29.7 Å². The first-order chi connectivity index (χ1) is 14.6. The van der Waals surface area contributed by atoms with Gasteiger partial charge in [0.2, 0.25) is 0 Å². The first-order valence-corrected chi connectivity index (χ1v) is 13.2. The van der Waals surface area contributed by atoms with Crippen molar-refractivity contribution in [3.63, 3.8) is 0 Å². The van der Waals surface area contributed by atoms with E-state index in [0.717, 1.165) is 13.1 Å². The molecule has 0 aliphatic heterocycles. The second-order valence-corrected chi connectivity index (χ2v) is 10.9. The Bertz CT molecular complexity index is 1210. The van der Waals surface area contributed by atoms with Crippen molar-refractivity contribution in [2.24, 2.45) is 0 Å². The number of carbonyl (C=O) groups excluding carboxylic acids is 1. The average molecular weight is 537 g/mol. The maximum Gasteiger partial charge on any atom is 0.261 e. The van der Waals surface area contributed by atoms with Crippen LogP contribution in [0.15, 0.2) is 41.3 Å². The number of thiazole rings is 1. The first-order valence-electron chi connectivity index (χ1n) is 9.74. The molecule has 1 aromatic heterocycles. The quantitative estimate of drug-likeness (QED) is 0.385. The number of halogens is 3. The number of sulfone groups is 1. The maximum atomic E-state index is 13.4. The average Bonchev–Trinajstić information content (AvgIpc) is 3.13. The molecule has 32 heavy (non-hydrogen) atoms. The van der Waals surface area contributed by atoms with E-state index >= 15 is 0 Å². The third kappa shape index (κ3) is 6.12. The third-order valence-corrected chi connectivity index (χ3v) is 7.65. The molecule has 1 amide bonds. The molecular weight excluding hydrogens is 513 g/mol. The Morgan fingerprint density at radius 1 is 1.06 bits per heavy atom. The van der Waals surface area contributed by atoms with Gasteiger partial charge >= 0.3 is 0 Å². The van der Waals surface area contributed by atoms with Gasteiger partial charge in [0.15, 0.2) is 15.0 Å². The van der Waals surface area contributed by atoms with Crippen molar-refractivity contribution in [1.29, 1.82) is 0 Å². The van der Waals surface area contributed by atoms with Gasteiger partial charge in [-0.2, -0.15) is 0 Å². The summed E-state index contributed by atoms with van der Waals surface area (Å²) in [6.45, 7) is 6.93. The lowest BCUT2D eigenvalue weighted by atomic mass is 10.2. The molecule has 11 heteroatoms. The van der Waals surface area contributed by atoms with Crippen LogP contribution in [0.1, 0.15) is 24.2 Å². The number of rotatable bonds is 8. The van der Waals surface area contributed by atoms with Gasteiger partial charge in [-0.05, 0) is 49.5 Å². The van der Waals surface area contributed by atoms with Gasteiger partial charge in [0.25, 0.3) is 5.91 Å². The second-order valence-electron chi connectivity index (χ2n) is 7.01. The highest BCUT2D eigenvalue weighted by Gasteiger charge is 2.24. The van der Waals surface area contributed by atoms with Crippen molar-refractivity contribution < 1.29 is 13.2 Å². The van der Waals surface area contributed by atoms with Crippen LogP contribution in [-0.2, 0) is 9.84 Å². The molecule has 1 heterocycles. The van der Waals surface area contributed by atoms with E-state index in [1.807, 2.05) is 0 Å². The fraction of sp³-hybridized carbons (Fsp3) is 0.333. The number of hydrogen-bond acceptors (Lipinski definition) is 6. The standard InChI is InChI=1S/C21H23Cl2N3O3S2.ClH/c1-4-25(5-2)10-11-26(20(27)16-8-6-14(22)12-17(16)23)21-24-18-9-7-15(31(3,28)29)13-19(18)30-21;/h6-9,12-13H,4-5,10-11H2,1-3H3;1H. The Kier molecular flexibility index (Phi) is 9.34. The van der Waals surface area contributed by atoms with Crippen molar-refractivity contribution in [3.05, 3.63) is 52.0 Å². The Morgan fingerprint density at radius 3 is 2.34 bits per heavy atom. The first kappa shape index (κ1) is 26.8. The number of likely N-dealkylation sites (N-methyl/N-ethyl adjacent to an activating group) is 1. The minimum Gasteiger partial charge on any atom is -0.302 e. The number of amides is 1. The van der Waals surface area contributed by atoms with Gasteiger partial charge < -0.3 is 4.90 Å². The molecule has 2 aromatic carbocycles. The van der Waals surface area contributed by atoms with E-state index < -0.39 is 9.84 Å². The normalized spacial score (nSPS) is 11.6. The lowest BCUT2D eigenvalue weighted by molar-refractivity contribution is 0.0984. The van der Waals surface area contributed by atoms with Crippen LogP contribution in [0.2, 0.25) is 10.0 Å². The predicted molar refractivity (Wildman–Crippen MR) is 136 cm³/mol. The van der Waals surface area contributed by atoms with Crippen LogP contribution >= 0.6 is 46.9 Å². The molecule has 0 saturated heterocycles. The van der Waals surface area contributed by atoms with Crippen molar-refractivity contribution >= 4 is 78.0 Å². The topological polar surface area (TPSA) is 70.6 Å². The summed E-state index contributed by atoms with van der Waals surface area (Å²) in [4.78, 5) is 22.0. The molecule has 0 spiro atoms. The molecule has 0 radical (unpaired) electrons. The molecule has 0 fully saturated rings. The van der Waals surface area contributed by atoms with Gasteiger partial charge in [-0.15, -0.1) is 12.4 Å². The highest BCUT2D eigenvalue weighted by molar-refractivity contribution is 7.90. The molecule has 6 nitrogen and oxygen atoms in total. The van der Waals surface area contributed by atoms with Crippen LogP contribution in [0.3, 0.4) is 0 Å². The number of carbonyl (C=O) groups is 1. The van der Waals surface area contributed by atoms with E-state index in [4.69, 9.17) is 23.2 Å². The summed E-state index contributed by atoms with van der Waals surface area (Å²) in [5, 5.41) is 1.21. The Labute approximate surface area is 208 Å². The molecular formula is C21H24Cl3N3O3S2. The van der Waals surface area contributed by atoms with Crippen molar-refractivity contribution in [1.82, 2.24) is 9.88 Å². The fourth-order valence-electron chi connectivity index (χ4n) is 3.11. The molecule has 0 N–H and O–H groups in total. The number of nitrogens with zero attached hydrogens (tertiary/aromatic N) is 3. The smallest absolute Gasteiger partial charge is 0.261 e. The van der Waals surface area contributed by atoms with Gasteiger partial charge in [0.1, 0.15) is 0 Å². The summed E-state index contributed by atoms with van der Waals surface area (Å²) in [5.74, 6) is -0.281. The zero-order valence-corrected chi connectivity index (χ0v) is 21.8. The van der Waals surface area contributed by atoms with Crippen LogP contribution in [0.25, 0.3) is 10.2 Å². The van der Waals surface area contributed by atoms with Crippen molar-refractivity contribution in [2.75, 3.05) is 37.3 Å². The van der Waals surface area contributed by atoms with Crippen LogP contribution < -0.4 is 4.90 Å². The predicted octanol–water partition coefficient (Wildman–Crippen LogP) is 5.42. The molecule has 0 unspecified atom stereocenters. The van der Waals surface area contributed by atoms with Crippen LogP contribution in [-0.4, -0.2) is 56.6 Å². The zero-order valence-electron chi connectivity index (χ0n) is 17.8. The van der Waals surface area contributed by atoms with E-state index in [9.17, 15) is 13.2 Å². The summed E-state index contributed by atoms with van der Waals surface area (Å²) in [7, 11) is -3.34. The summed E-state index contributed by atoms with van der Waals surface area (Å²) in [5.41, 5.74) is 0.969. The second kappa shape index (κ2) is 11.1. The molecule has 0 aliphatic rings.